The van der Waals surface area contributed by atoms with Crippen molar-refractivity contribution in [1.29, 1.82) is 10.8 Å². The van der Waals surface area contributed by atoms with Crippen LogP contribution in [-0.4, -0.2) is 122 Å². The van der Waals surface area contributed by atoms with Crippen molar-refractivity contribution in [3.05, 3.63) is 149 Å². The van der Waals surface area contributed by atoms with Crippen LogP contribution in [0.25, 0.3) is 0 Å². The number of hydrogen-bond acceptors (Lipinski definition) is 18. The van der Waals surface area contributed by atoms with E-state index in [2.05, 4.69) is 18.4 Å². The number of carbonyl (C=O) groups is 3. The fourth-order valence-corrected chi connectivity index (χ4v) is 5.97. The molecule has 418 valence electrons. The topological polar surface area (TPSA) is 339 Å². The summed E-state index contributed by atoms with van der Waals surface area (Å²) in [6.45, 7) is -0.0183. The summed E-state index contributed by atoms with van der Waals surface area (Å²) in [4.78, 5) is 32.7. The van der Waals surface area contributed by atoms with Gasteiger partial charge in [0.15, 0.2) is 0 Å². The summed E-state index contributed by atoms with van der Waals surface area (Å²) in [7, 11) is -0.0293. The smallest absolute Gasteiger partial charge is 0.870 e. The predicted octanol–water partition coefficient (Wildman–Crippen LogP) is 6.48. The Labute approximate surface area is 448 Å². The number of esters is 2. The first-order valence-corrected chi connectivity index (χ1v) is 23.4. The molecule has 0 saturated heterocycles. The van der Waals surface area contributed by atoms with Gasteiger partial charge in [-0.1, -0.05) is 71.8 Å². The van der Waals surface area contributed by atoms with Gasteiger partial charge in [-0.2, -0.15) is 8.42 Å². The van der Waals surface area contributed by atoms with Crippen LogP contribution in [0.5, 0.6) is 17.2 Å². The van der Waals surface area contributed by atoms with Gasteiger partial charge in [-0.15, -0.1) is 0 Å². The predicted molar refractivity (Wildman–Crippen MR) is 252 cm³/mol. The molecule has 76 heavy (non-hydrogen) atoms. The number of nitrogens with zero attached hydrogens (tertiary/aromatic N) is 2. The van der Waals surface area contributed by atoms with E-state index in [-0.39, 0.29) is 74.2 Å². The first-order valence-electron chi connectivity index (χ1n) is 19.7. The zero-order chi connectivity index (χ0) is 56.3. The van der Waals surface area contributed by atoms with Crippen LogP contribution >= 0.6 is 10.7 Å². The van der Waals surface area contributed by atoms with E-state index in [0.717, 1.165) is 11.1 Å². The normalized spacial score (nSPS) is 9.89. The fourth-order valence-electron chi connectivity index (χ4n) is 4.32. The van der Waals surface area contributed by atoms with Gasteiger partial charge in [0, 0.05) is 21.5 Å². The van der Waals surface area contributed by atoms with Crippen LogP contribution in [0.3, 0.4) is 0 Å². The third-order valence-electron chi connectivity index (χ3n) is 7.55. The van der Waals surface area contributed by atoms with Crippen LogP contribution in [0.2, 0.25) is 0 Å². The van der Waals surface area contributed by atoms with Gasteiger partial charge in [0.25, 0.3) is 44.9 Å². The van der Waals surface area contributed by atoms with Crippen LogP contribution < -0.4 is 34.5 Å². The molecule has 5 aromatic carbocycles. The maximum atomic E-state index is 11.9. The number of ether oxygens (including phenoxy) is 4. The molecule has 0 bridgehead atoms. The number of phenolic OH excluding ortho intramolecular Hbond substituents is 1. The number of aromatic carboxylic acids is 1. The average molecular weight is 1150 g/mol. The van der Waals surface area contributed by atoms with Gasteiger partial charge in [-0.05, 0) is 74.5 Å². The standard InChI is InChI=1S/C10H10F2O3.C9H10F2O3S.C9H8F2O3.C8H8O3.C7H7ClO2S.C2H4F2O.Li.N2.H3N.H2O/c1-14-10(13)7-4-2-3-5-8(7)15-6-9(11)12;1-7-2-4-8(5-3-7)15(12,13)14-6-9(10)11;10-8(11)5-14-7-4-2-1-3-6(7)9(12)13;1-11-8(10)6-4-2-3-5-7(6)9;1-6-2-4-7(5-3-6)11(8,9)10;3-2(4)1-5;;1-2;;/h2*2-5,9H,6H2,1H3;1-4,8H,5H2,(H,12,13);2-5,9H,1H3;2-5H,1H3;2,5H,1H2;;;1H3;1H2/q;;;;;;+1;;;/p-1. The van der Waals surface area contributed by atoms with Gasteiger partial charge in [0.1, 0.15) is 60.4 Å². The second kappa shape index (κ2) is 42.6. The maximum Gasteiger partial charge on any atom is 1.00 e. The van der Waals surface area contributed by atoms with Gasteiger partial charge in [0.2, 0.25) is 0 Å². The first-order chi connectivity index (χ1) is 34.2. The number of benzene rings is 5. The molecular weight excluding hydrogens is 1100 g/mol. The molecule has 0 unspecified atom stereocenters. The minimum atomic E-state index is -4.05. The van der Waals surface area contributed by atoms with Crippen molar-refractivity contribution in [3.63, 3.8) is 0 Å². The van der Waals surface area contributed by atoms with Gasteiger partial charge in [-0.25, -0.2) is 57.9 Å². The van der Waals surface area contributed by atoms with Crippen molar-refractivity contribution in [2.75, 3.05) is 40.6 Å². The molecule has 0 amide bonds. The molecule has 0 radical (unpaired) electrons. The number of phenols is 1. The zero-order valence-corrected chi connectivity index (χ0v) is 43.1. The number of methoxy groups -OCH3 is 2. The Hall–Kier alpha value is -6.60. The Kier molecular flexibility index (Phi) is 43.9. The molecule has 0 spiro atoms. The molecule has 0 aliphatic carbocycles. The Morgan fingerprint density at radius 3 is 1.24 bits per heavy atom. The molecule has 0 fully saturated rings. The monoisotopic (exact) mass is 1150 g/mol. The minimum absolute atomic E-state index is 0. The number of alkyl halides is 8. The molecule has 0 saturated carbocycles. The quantitative estimate of drug-likeness (QED) is 0.0218. The van der Waals surface area contributed by atoms with Crippen molar-refractivity contribution in [3.8, 4) is 17.2 Å². The molecule has 5 rings (SSSR count). The van der Waals surface area contributed by atoms with E-state index in [9.17, 15) is 66.3 Å². The van der Waals surface area contributed by atoms with E-state index in [1.54, 1.807) is 55.5 Å². The van der Waals surface area contributed by atoms with Gasteiger partial charge in [-0.3, -0.25) is 4.18 Å². The minimum Gasteiger partial charge on any atom is -0.870 e. The molecule has 0 heterocycles. The number of rotatable bonds is 15. The van der Waals surface area contributed by atoms with Gasteiger partial charge < -0.3 is 45.9 Å². The SMILES string of the molecule is COC(=O)c1ccccc1O.COC(=O)c1ccccc1OCC(F)F.Cc1ccc(S(=O)(=O)Cl)cc1.Cc1ccc(S(=O)(=O)OCC(F)F)cc1.N.N#N.O=C(O)c1ccccc1OCC(F)F.OCC(F)F.[Li+].[OH-]. The Balaban J connectivity index is -0.000000266. The summed E-state index contributed by atoms with van der Waals surface area (Å²) in [5.74, 6) is -2.33. The van der Waals surface area contributed by atoms with Crippen molar-refractivity contribution in [1.82, 2.24) is 6.15 Å². The van der Waals surface area contributed by atoms with E-state index in [1.165, 1.54) is 87.0 Å². The second-order valence-corrected chi connectivity index (χ2v) is 17.2. The number of aliphatic hydroxyl groups is 1. The molecule has 0 atom stereocenters. The molecule has 0 aliphatic rings. The number of para-hydroxylation sites is 3. The van der Waals surface area contributed by atoms with Crippen LogP contribution in [0.1, 0.15) is 42.2 Å². The van der Waals surface area contributed by atoms with E-state index in [0.29, 0.717) is 0 Å². The number of hydrogen-bond donors (Lipinski definition) is 4. The summed E-state index contributed by atoms with van der Waals surface area (Å²) in [6.07, 6.45) is -10.5. The molecule has 5 aromatic rings. The van der Waals surface area contributed by atoms with E-state index in [1.807, 2.05) is 6.92 Å². The Morgan fingerprint density at radius 1 is 0.566 bits per heavy atom. The third kappa shape index (κ3) is 34.8. The second-order valence-electron chi connectivity index (χ2n) is 13.0. The fraction of sp³-hybridized carbons (Fsp3) is 0.267. The summed E-state index contributed by atoms with van der Waals surface area (Å²) in [5.41, 5.74) is 2.10. The van der Waals surface area contributed by atoms with E-state index in [4.69, 9.17) is 41.5 Å². The molecule has 19 nitrogen and oxygen atoms in total. The van der Waals surface area contributed by atoms with E-state index < -0.39 is 89.2 Å². The molecule has 31 heteroatoms. The van der Waals surface area contributed by atoms with Crippen LogP contribution in [0.4, 0.5) is 35.1 Å². The zero-order valence-electron chi connectivity index (χ0n) is 40.7. The number of carbonyl (C=O) groups excluding carboxylic acids is 2. The van der Waals surface area contributed by atoms with Crippen molar-refractivity contribution in [2.24, 2.45) is 0 Å². The van der Waals surface area contributed by atoms with Gasteiger partial charge >= 0.3 is 36.8 Å². The summed E-state index contributed by atoms with van der Waals surface area (Å²) < 4.78 is 158. The van der Waals surface area contributed by atoms with E-state index >= 15 is 0 Å². The number of aliphatic hydroxyl groups excluding tert-OH is 1. The number of aryl methyl sites for hydroxylation is 2. The number of carboxylic acid groups (broad SMARTS) is 1. The van der Waals surface area contributed by atoms with Crippen molar-refractivity contribution in [2.45, 2.75) is 49.3 Å². The summed E-state index contributed by atoms with van der Waals surface area (Å²) >= 11 is 0. The molecule has 7 N–H and O–H groups in total. The number of aromatic hydroxyl groups is 1. The Morgan fingerprint density at radius 2 is 0.895 bits per heavy atom. The molecular formula is C45H51ClF8LiN3O16S2. The first kappa shape index (κ1) is 78.3. The van der Waals surface area contributed by atoms with Crippen LogP contribution in [0.15, 0.2) is 131 Å². The van der Waals surface area contributed by atoms with Crippen molar-refractivity contribution >= 4 is 47.8 Å². The molecule has 0 aliphatic heterocycles. The summed E-state index contributed by atoms with van der Waals surface area (Å²) in [5, 5.41) is 37.2. The van der Waals surface area contributed by atoms with Gasteiger partial charge in [0.05, 0.1) is 24.0 Å². The summed E-state index contributed by atoms with van der Waals surface area (Å²) in [6, 6.07) is 30.1. The third-order valence-corrected chi connectivity index (χ3v) is 10.2. The Bertz CT molecular complexity index is 2650. The average Bonchev–Trinajstić information content (AvgIpc) is 3.36. The number of carboxylic acids is 1. The number of halogens is 9. The van der Waals surface area contributed by atoms with Crippen molar-refractivity contribution < 1.29 is 129 Å². The maximum absolute atomic E-state index is 11.9. The van der Waals surface area contributed by atoms with Crippen LogP contribution in [0, 0.1) is 24.6 Å². The largest absolute Gasteiger partial charge is 1.00 e. The molecule has 0 aromatic heterocycles. The van der Waals surface area contributed by atoms with Crippen LogP contribution in [-0.2, 0) is 32.8 Å².